The molecule has 2 fully saturated rings. The molecule has 0 spiro atoms. The molecule has 9 heteroatoms. The highest BCUT2D eigenvalue weighted by molar-refractivity contribution is 5.45. The lowest BCUT2D eigenvalue weighted by Gasteiger charge is -2.40. The van der Waals surface area contributed by atoms with E-state index >= 15 is 0 Å². The summed E-state index contributed by atoms with van der Waals surface area (Å²) in [6.07, 6.45) is 3.15. The predicted molar refractivity (Wildman–Crippen MR) is 136 cm³/mol. The van der Waals surface area contributed by atoms with Crippen LogP contribution in [-0.2, 0) is 11.2 Å². The minimum atomic E-state index is 0.631. The Morgan fingerprint density at radius 1 is 1.00 bits per heavy atom. The third kappa shape index (κ3) is 6.27. The van der Waals surface area contributed by atoms with Crippen LogP contribution in [0.15, 0.2) is 24.3 Å². The van der Waals surface area contributed by atoms with Gasteiger partial charge in [0.1, 0.15) is 5.75 Å². The fourth-order valence-corrected chi connectivity index (χ4v) is 4.71. The van der Waals surface area contributed by atoms with Gasteiger partial charge in [-0.05, 0) is 50.8 Å². The Morgan fingerprint density at radius 2 is 1.71 bits per heavy atom. The van der Waals surface area contributed by atoms with Crippen molar-refractivity contribution >= 4 is 17.8 Å². The number of ether oxygens (including phenoxy) is 2. The third-order valence-corrected chi connectivity index (χ3v) is 6.82. The lowest BCUT2D eigenvalue weighted by Crippen LogP contribution is -2.49. The first-order valence-electron chi connectivity index (χ1n) is 12.6. The monoisotopic (exact) mass is 469 g/mol. The zero-order valence-corrected chi connectivity index (χ0v) is 20.9. The maximum absolute atomic E-state index is 5.53. The number of benzene rings is 1. The van der Waals surface area contributed by atoms with Crippen LogP contribution in [0.1, 0.15) is 32.3 Å². The van der Waals surface area contributed by atoms with E-state index in [0.717, 1.165) is 95.9 Å². The SMILES string of the molecule is CCN(CC)c1nc(NCCc2ccc(OC)cc2)nc(N2CCC(N3CCOCC3)CC2)n1. The Bertz CT molecular complexity index is 877. The van der Waals surface area contributed by atoms with Crippen molar-refractivity contribution < 1.29 is 9.47 Å². The van der Waals surface area contributed by atoms with Crippen molar-refractivity contribution in [3.05, 3.63) is 29.8 Å². The van der Waals surface area contributed by atoms with Gasteiger partial charge in [0.15, 0.2) is 0 Å². The van der Waals surface area contributed by atoms with Crippen LogP contribution in [0.3, 0.4) is 0 Å². The molecule has 9 nitrogen and oxygen atoms in total. The van der Waals surface area contributed by atoms with Gasteiger partial charge in [-0.15, -0.1) is 0 Å². The van der Waals surface area contributed by atoms with Crippen LogP contribution < -0.4 is 19.9 Å². The van der Waals surface area contributed by atoms with Crippen molar-refractivity contribution in [2.45, 2.75) is 39.2 Å². The average molecular weight is 470 g/mol. The van der Waals surface area contributed by atoms with E-state index in [1.54, 1.807) is 7.11 Å². The van der Waals surface area contributed by atoms with Crippen LogP contribution in [0.25, 0.3) is 0 Å². The molecule has 1 N–H and O–H groups in total. The number of rotatable bonds is 10. The van der Waals surface area contributed by atoms with E-state index in [4.69, 9.17) is 24.4 Å². The molecule has 4 rings (SSSR count). The molecule has 2 aromatic rings. The van der Waals surface area contributed by atoms with E-state index in [-0.39, 0.29) is 0 Å². The summed E-state index contributed by atoms with van der Waals surface area (Å²) < 4.78 is 10.8. The number of anilines is 3. The first-order valence-corrected chi connectivity index (χ1v) is 12.6. The Morgan fingerprint density at radius 3 is 2.35 bits per heavy atom. The molecule has 0 unspecified atom stereocenters. The van der Waals surface area contributed by atoms with Gasteiger partial charge in [0, 0.05) is 51.9 Å². The highest BCUT2D eigenvalue weighted by atomic mass is 16.5. The zero-order valence-electron chi connectivity index (χ0n) is 20.9. The number of aromatic nitrogens is 3. The van der Waals surface area contributed by atoms with Gasteiger partial charge in [0.2, 0.25) is 17.8 Å². The van der Waals surface area contributed by atoms with E-state index in [9.17, 15) is 0 Å². The van der Waals surface area contributed by atoms with E-state index in [1.165, 1.54) is 5.56 Å². The summed E-state index contributed by atoms with van der Waals surface area (Å²) in [6, 6.07) is 8.81. The molecule has 2 aliphatic rings. The van der Waals surface area contributed by atoms with Crippen molar-refractivity contribution in [1.82, 2.24) is 19.9 Å². The minimum Gasteiger partial charge on any atom is -0.497 e. The lowest BCUT2D eigenvalue weighted by molar-refractivity contribution is 0.0114. The quantitative estimate of drug-likeness (QED) is 0.565. The van der Waals surface area contributed by atoms with Gasteiger partial charge in [-0.2, -0.15) is 15.0 Å². The van der Waals surface area contributed by atoms with Gasteiger partial charge in [-0.25, -0.2) is 0 Å². The topological polar surface area (TPSA) is 78.9 Å². The van der Waals surface area contributed by atoms with Crippen LogP contribution in [-0.4, -0.2) is 92.0 Å². The number of methoxy groups -OCH3 is 1. The molecular weight excluding hydrogens is 430 g/mol. The molecule has 0 bridgehead atoms. The zero-order chi connectivity index (χ0) is 23.8. The first-order chi connectivity index (χ1) is 16.7. The van der Waals surface area contributed by atoms with Gasteiger partial charge >= 0.3 is 0 Å². The minimum absolute atomic E-state index is 0.631. The summed E-state index contributed by atoms with van der Waals surface area (Å²) in [5, 5.41) is 3.44. The maximum Gasteiger partial charge on any atom is 0.231 e. The standard InChI is InChI=1S/C25H39N7O2/c1-4-30(5-2)24-27-23(26-13-10-20-6-8-22(33-3)9-7-20)28-25(29-24)32-14-11-21(12-15-32)31-16-18-34-19-17-31/h6-9,21H,4-5,10-19H2,1-3H3,(H,26,27,28,29). The number of hydrogen-bond donors (Lipinski definition) is 1. The van der Waals surface area contributed by atoms with E-state index in [2.05, 4.69) is 46.0 Å². The Kier molecular flexibility index (Phi) is 8.76. The van der Waals surface area contributed by atoms with Crippen LogP contribution >= 0.6 is 0 Å². The van der Waals surface area contributed by atoms with Crippen molar-refractivity contribution in [1.29, 1.82) is 0 Å². The summed E-state index contributed by atoms with van der Waals surface area (Å²) >= 11 is 0. The van der Waals surface area contributed by atoms with Crippen LogP contribution in [0.2, 0.25) is 0 Å². The van der Waals surface area contributed by atoms with Gasteiger partial charge in [-0.3, -0.25) is 4.90 Å². The molecule has 1 aromatic heterocycles. The Balaban J connectivity index is 1.41. The molecule has 0 saturated carbocycles. The lowest BCUT2D eigenvalue weighted by atomic mass is 10.0. The highest BCUT2D eigenvalue weighted by Gasteiger charge is 2.27. The number of nitrogens with zero attached hydrogens (tertiary/aromatic N) is 6. The molecule has 0 atom stereocenters. The molecule has 34 heavy (non-hydrogen) atoms. The van der Waals surface area contributed by atoms with Crippen molar-refractivity contribution in [3.63, 3.8) is 0 Å². The second kappa shape index (κ2) is 12.2. The summed E-state index contributed by atoms with van der Waals surface area (Å²) in [7, 11) is 1.69. The van der Waals surface area contributed by atoms with E-state index < -0.39 is 0 Å². The predicted octanol–water partition coefficient (Wildman–Crippen LogP) is 2.68. The molecule has 3 heterocycles. The Hall–Kier alpha value is -2.65. The van der Waals surface area contributed by atoms with Gasteiger partial charge in [0.05, 0.1) is 20.3 Å². The smallest absolute Gasteiger partial charge is 0.231 e. The number of hydrogen-bond acceptors (Lipinski definition) is 9. The summed E-state index contributed by atoms with van der Waals surface area (Å²) in [5.41, 5.74) is 1.25. The molecule has 186 valence electrons. The normalized spacial score (nSPS) is 17.6. The second-order valence-corrected chi connectivity index (χ2v) is 8.82. The first kappa shape index (κ1) is 24.5. The maximum atomic E-state index is 5.53. The molecule has 0 amide bonds. The second-order valence-electron chi connectivity index (χ2n) is 8.82. The molecule has 0 radical (unpaired) electrons. The largest absolute Gasteiger partial charge is 0.497 e. The molecule has 0 aliphatic carbocycles. The molecular formula is C25H39N7O2. The summed E-state index contributed by atoms with van der Waals surface area (Å²) in [5.74, 6) is 3.05. The van der Waals surface area contributed by atoms with E-state index in [0.29, 0.717) is 12.0 Å². The highest BCUT2D eigenvalue weighted by Crippen LogP contribution is 2.23. The Labute approximate surface area is 203 Å². The fraction of sp³-hybridized carbons (Fsp3) is 0.640. The third-order valence-electron chi connectivity index (χ3n) is 6.82. The molecule has 1 aromatic carbocycles. The van der Waals surface area contributed by atoms with Crippen molar-refractivity contribution in [2.75, 3.05) is 81.3 Å². The number of piperidine rings is 1. The van der Waals surface area contributed by atoms with Crippen LogP contribution in [0, 0.1) is 0 Å². The van der Waals surface area contributed by atoms with Gasteiger partial charge < -0.3 is 24.6 Å². The summed E-state index contributed by atoms with van der Waals surface area (Å²) in [4.78, 5) is 21.5. The van der Waals surface area contributed by atoms with Crippen molar-refractivity contribution in [2.24, 2.45) is 0 Å². The van der Waals surface area contributed by atoms with Gasteiger partial charge in [0.25, 0.3) is 0 Å². The average Bonchev–Trinajstić information content (AvgIpc) is 2.90. The number of morpholine rings is 1. The fourth-order valence-electron chi connectivity index (χ4n) is 4.71. The van der Waals surface area contributed by atoms with Gasteiger partial charge in [-0.1, -0.05) is 12.1 Å². The summed E-state index contributed by atoms with van der Waals surface area (Å²) in [6.45, 7) is 12.5. The van der Waals surface area contributed by atoms with Crippen LogP contribution in [0.4, 0.5) is 17.8 Å². The molecule has 2 saturated heterocycles. The van der Waals surface area contributed by atoms with Crippen molar-refractivity contribution in [3.8, 4) is 5.75 Å². The van der Waals surface area contributed by atoms with E-state index in [1.807, 2.05) is 12.1 Å². The number of nitrogens with one attached hydrogen (secondary N) is 1. The molecule has 2 aliphatic heterocycles. The van der Waals surface area contributed by atoms with Crippen LogP contribution in [0.5, 0.6) is 5.75 Å².